The number of halogens is 1. The van der Waals surface area contributed by atoms with E-state index in [2.05, 4.69) is 25.8 Å². The monoisotopic (exact) mass is 409 g/mol. The molecule has 0 aromatic carbocycles. The van der Waals surface area contributed by atoms with Gasteiger partial charge < -0.3 is 14.4 Å². The summed E-state index contributed by atoms with van der Waals surface area (Å²) in [5, 5.41) is 0.281. The molecular formula is C17H20ClN5O3S. The van der Waals surface area contributed by atoms with Gasteiger partial charge in [-0.05, 0) is 17.7 Å². The molecule has 5 heterocycles. The maximum atomic E-state index is 11.7. The number of hydrogen-bond donors (Lipinski definition) is 0. The van der Waals surface area contributed by atoms with E-state index in [-0.39, 0.29) is 17.4 Å². The largest absolute Gasteiger partial charge is 0.447 e. The first-order valence-corrected chi connectivity index (χ1v) is 10.3. The highest BCUT2D eigenvalue weighted by molar-refractivity contribution is 7.19. The van der Waals surface area contributed by atoms with Crippen molar-refractivity contribution in [3.8, 4) is 0 Å². The van der Waals surface area contributed by atoms with Crippen molar-refractivity contribution in [3.05, 3.63) is 16.2 Å². The molecule has 2 aromatic heterocycles. The van der Waals surface area contributed by atoms with Crippen LogP contribution >= 0.6 is 22.9 Å². The van der Waals surface area contributed by atoms with Gasteiger partial charge in [0.15, 0.2) is 5.82 Å². The number of aromatic nitrogens is 2. The van der Waals surface area contributed by atoms with Gasteiger partial charge >= 0.3 is 6.09 Å². The fourth-order valence-electron chi connectivity index (χ4n) is 3.92. The molecule has 0 aliphatic carbocycles. The van der Waals surface area contributed by atoms with Crippen LogP contribution in [0.3, 0.4) is 0 Å². The molecule has 8 nitrogen and oxygen atoms in total. The fraction of sp³-hybridized carbons (Fsp3) is 0.588. The minimum Gasteiger partial charge on any atom is -0.447 e. The molecule has 0 saturated carbocycles. The third-order valence-corrected chi connectivity index (χ3v) is 6.54. The molecular weight excluding hydrogens is 390 g/mol. The Hall–Kier alpha value is -1.68. The van der Waals surface area contributed by atoms with Gasteiger partial charge in [0.1, 0.15) is 6.61 Å². The summed E-state index contributed by atoms with van der Waals surface area (Å²) in [6.07, 6.45) is -0.179. The van der Waals surface area contributed by atoms with Gasteiger partial charge in [-0.2, -0.15) is 4.98 Å². The summed E-state index contributed by atoms with van der Waals surface area (Å²) in [5.41, 5.74) is 0.898. The van der Waals surface area contributed by atoms with Gasteiger partial charge in [-0.1, -0.05) is 0 Å². The van der Waals surface area contributed by atoms with Crippen LogP contribution in [-0.2, 0) is 16.0 Å². The number of nitrogens with zero attached hydrogens (tertiary/aromatic N) is 5. The van der Waals surface area contributed by atoms with Gasteiger partial charge in [-0.3, -0.25) is 9.80 Å². The number of hydrogen-bond acceptors (Lipinski definition) is 8. The second-order valence-electron chi connectivity index (χ2n) is 7.00. The number of thiophene rings is 1. The van der Waals surface area contributed by atoms with Crippen LogP contribution in [0, 0.1) is 0 Å². The lowest BCUT2D eigenvalue weighted by atomic mass is 10.2. The highest BCUT2D eigenvalue weighted by Crippen LogP contribution is 2.34. The zero-order chi connectivity index (χ0) is 18.4. The molecule has 0 N–H and O–H groups in total. The first-order chi connectivity index (χ1) is 13.2. The molecule has 10 heteroatoms. The van der Waals surface area contributed by atoms with Crippen molar-refractivity contribution in [2.75, 3.05) is 57.4 Å². The maximum Gasteiger partial charge on any atom is 0.410 e. The van der Waals surface area contributed by atoms with Crippen LogP contribution in [0.5, 0.6) is 0 Å². The van der Waals surface area contributed by atoms with Gasteiger partial charge in [-0.15, -0.1) is 11.3 Å². The summed E-state index contributed by atoms with van der Waals surface area (Å²) in [6.45, 7) is 6.76. The number of morpholine rings is 1. The van der Waals surface area contributed by atoms with Crippen LogP contribution in [-0.4, -0.2) is 84.4 Å². The van der Waals surface area contributed by atoms with Crippen molar-refractivity contribution in [1.29, 1.82) is 0 Å². The Morgan fingerprint density at radius 2 is 2.07 bits per heavy atom. The maximum absolute atomic E-state index is 11.7. The van der Waals surface area contributed by atoms with Crippen LogP contribution < -0.4 is 4.90 Å². The standard InChI is InChI=1S/C17H20ClN5O3S/c18-16-19-13-7-12(9-21-1-2-23-11(8-21)10-26-17(23)24)27-14(13)15(20-16)22-3-5-25-6-4-22/h7,11H,1-6,8-10H2/t11-/m1/s1. The van der Waals surface area contributed by atoms with E-state index in [9.17, 15) is 4.79 Å². The Morgan fingerprint density at radius 3 is 2.93 bits per heavy atom. The number of piperazine rings is 1. The molecule has 3 fully saturated rings. The highest BCUT2D eigenvalue weighted by Gasteiger charge is 2.37. The lowest BCUT2D eigenvalue weighted by Crippen LogP contribution is -2.51. The van der Waals surface area contributed by atoms with Crippen LogP contribution in [0.4, 0.5) is 10.6 Å². The Kier molecular flexibility index (Phi) is 4.55. The van der Waals surface area contributed by atoms with Crippen molar-refractivity contribution in [2.24, 2.45) is 0 Å². The molecule has 3 aliphatic heterocycles. The van der Waals surface area contributed by atoms with E-state index >= 15 is 0 Å². The summed E-state index contributed by atoms with van der Waals surface area (Å²) in [6, 6.07) is 2.28. The van der Waals surface area contributed by atoms with Crippen LogP contribution in [0.2, 0.25) is 5.28 Å². The number of carbonyl (C=O) groups is 1. The predicted molar refractivity (Wildman–Crippen MR) is 103 cm³/mol. The van der Waals surface area contributed by atoms with Crippen LogP contribution in [0.15, 0.2) is 6.07 Å². The van der Waals surface area contributed by atoms with Crippen molar-refractivity contribution >= 4 is 45.1 Å². The number of amides is 1. The molecule has 0 bridgehead atoms. The smallest absolute Gasteiger partial charge is 0.410 e. The molecule has 3 saturated heterocycles. The molecule has 5 rings (SSSR count). The molecule has 0 unspecified atom stereocenters. The SMILES string of the molecule is O=C1OC[C@H]2CN(Cc3cc4nc(Cl)nc(N5CCOCC5)c4s3)CCN12. The average molecular weight is 410 g/mol. The number of cyclic esters (lactones) is 1. The summed E-state index contributed by atoms with van der Waals surface area (Å²) in [7, 11) is 0. The number of rotatable bonds is 3. The van der Waals surface area contributed by atoms with Gasteiger partial charge in [0.25, 0.3) is 0 Å². The average Bonchev–Trinajstić information content (AvgIpc) is 3.24. The van der Waals surface area contributed by atoms with E-state index in [0.717, 1.165) is 55.3 Å². The quantitative estimate of drug-likeness (QED) is 0.716. The van der Waals surface area contributed by atoms with Crippen molar-refractivity contribution in [3.63, 3.8) is 0 Å². The first kappa shape index (κ1) is 17.4. The van der Waals surface area contributed by atoms with Gasteiger partial charge in [-0.25, -0.2) is 9.78 Å². The zero-order valence-corrected chi connectivity index (χ0v) is 16.3. The van der Waals surface area contributed by atoms with Crippen LogP contribution in [0.25, 0.3) is 10.2 Å². The van der Waals surface area contributed by atoms with E-state index in [1.165, 1.54) is 4.88 Å². The first-order valence-electron chi connectivity index (χ1n) is 9.12. The fourth-order valence-corrected chi connectivity index (χ4v) is 5.25. The second kappa shape index (κ2) is 7.05. The molecule has 144 valence electrons. The third-order valence-electron chi connectivity index (χ3n) is 5.27. The van der Waals surface area contributed by atoms with E-state index < -0.39 is 0 Å². The summed E-state index contributed by atoms with van der Waals surface area (Å²) in [4.78, 5) is 28.2. The van der Waals surface area contributed by atoms with Crippen molar-refractivity contribution < 1.29 is 14.3 Å². The number of carbonyl (C=O) groups excluding carboxylic acids is 1. The minimum absolute atomic E-state index is 0.166. The Morgan fingerprint density at radius 1 is 1.22 bits per heavy atom. The van der Waals surface area contributed by atoms with Gasteiger partial charge in [0.2, 0.25) is 5.28 Å². The van der Waals surface area contributed by atoms with Crippen molar-refractivity contribution in [2.45, 2.75) is 12.6 Å². The molecule has 27 heavy (non-hydrogen) atoms. The Bertz CT molecular complexity index is 872. The Balaban J connectivity index is 1.37. The normalized spacial score (nSPS) is 23.7. The lowest BCUT2D eigenvalue weighted by Gasteiger charge is -2.35. The Labute approximate surface area is 165 Å². The summed E-state index contributed by atoms with van der Waals surface area (Å²) < 4.78 is 11.7. The number of ether oxygens (including phenoxy) is 2. The summed E-state index contributed by atoms with van der Waals surface area (Å²) in [5.74, 6) is 0.907. The van der Waals surface area contributed by atoms with Gasteiger partial charge in [0.05, 0.1) is 29.5 Å². The molecule has 3 aliphatic rings. The van der Waals surface area contributed by atoms with Gasteiger partial charge in [0, 0.05) is 44.1 Å². The lowest BCUT2D eigenvalue weighted by molar-refractivity contribution is 0.116. The van der Waals surface area contributed by atoms with E-state index in [0.29, 0.717) is 19.8 Å². The molecule has 2 aromatic rings. The van der Waals surface area contributed by atoms with Crippen LogP contribution in [0.1, 0.15) is 4.88 Å². The molecule has 0 radical (unpaired) electrons. The highest BCUT2D eigenvalue weighted by atomic mass is 35.5. The molecule has 1 amide bonds. The van der Waals surface area contributed by atoms with E-state index in [1.807, 2.05) is 4.90 Å². The minimum atomic E-state index is -0.179. The topological polar surface area (TPSA) is 71.0 Å². The second-order valence-corrected chi connectivity index (χ2v) is 8.48. The molecule has 1 atom stereocenters. The van der Waals surface area contributed by atoms with Crippen molar-refractivity contribution in [1.82, 2.24) is 19.8 Å². The molecule has 0 spiro atoms. The zero-order valence-electron chi connectivity index (χ0n) is 14.8. The van der Waals surface area contributed by atoms with E-state index in [1.54, 1.807) is 11.3 Å². The number of fused-ring (bicyclic) bond motifs is 2. The summed E-state index contributed by atoms with van der Waals surface area (Å²) >= 11 is 7.91. The third kappa shape index (κ3) is 3.33. The van der Waals surface area contributed by atoms with E-state index in [4.69, 9.17) is 21.1 Å². The predicted octanol–water partition coefficient (Wildman–Crippen LogP) is 1.82. The number of anilines is 1.